The van der Waals surface area contributed by atoms with Gasteiger partial charge in [-0.25, -0.2) is 13.1 Å². The van der Waals surface area contributed by atoms with Crippen molar-refractivity contribution in [3.8, 4) is 5.88 Å². The van der Waals surface area contributed by atoms with Crippen molar-refractivity contribution in [3.63, 3.8) is 0 Å². The maximum atomic E-state index is 12.8. The lowest BCUT2D eigenvalue weighted by Gasteiger charge is -2.24. The number of hydrogen-bond acceptors (Lipinski definition) is 6. The lowest BCUT2D eigenvalue weighted by Crippen LogP contribution is -2.23. The van der Waals surface area contributed by atoms with Crippen molar-refractivity contribution in [1.29, 1.82) is 0 Å². The first-order chi connectivity index (χ1) is 12.1. The second-order valence-corrected chi connectivity index (χ2v) is 9.07. The number of aromatic nitrogens is 2. The molecule has 7 nitrogen and oxygen atoms in total. The molecule has 2 aromatic rings. The number of carbonyl (C=O) groups excluding carboxylic acids is 1. The lowest BCUT2D eigenvalue weighted by atomic mass is 10.0. The van der Waals surface area contributed by atoms with Crippen molar-refractivity contribution in [1.82, 2.24) is 9.78 Å². The smallest absolute Gasteiger partial charge is 0.220 e. The van der Waals surface area contributed by atoms with E-state index in [1.807, 2.05) is 0 Å². The Morgan fingerprint density at radius 3 is 2.54 bits per heavy atom. The van der Waals surface area contributed by atoms with Gasteiger partial charge >= 0.3 is 0 Å². The van der Waals surface area contributed by atoms with Crippen LogP contribution in [0.15, 0.2) is 23.2 Å². The van der Waals surface area contributed by atoms with E-state index in [1.165, 1.54) is 30.1 Å². The molecule has 0 unspecified atom stereocenters. The Hall–Kier alpha value is -2.06. The summed E-state index contributed by atoms with van der Waals surface area (Å²) >= 11 is 6.49. The molecule has 0 spiro atoms. The lowest BCUT2D eigenvalue weighted by molar-refractivity contribution is 0.103. The molecule has 0 saturated heterocycles. The minimum Gasteiger partial charge on any atom is -0.493 e. The molecule has 1 aromatic heterocycles. The summed E-state index contributed by atoms with van der Waals surface area (Å²) in [4.78, 5) is 14.7. The minimum atomic E-state index is -3.53. The average molecular weight is 398 g/mol. The summed E-state index contributed by atoms with van der Waals surface area (Å²) in [6.45, 7) is 0.665. The van der Waals surface area contributed by atoms with Crippen LogP contribution in [0.5, 0.6) is 5.88 Å². The number of aryl methyl sites for hydroxylation is 1. The molecule has 1 fully saturated rings. The fourth-order valence-electron chi connectivity index (χ4n) is 2.89. The third-order valence-corrected chi connectivity index (χ3v) is 6.00. The fourth-order valence-corrected chi connectivity index (χ4v) is 4.27. The summed E-state index contributed by atoms with van der Waals surface area (Å²) < 4.78 is 25.6. The first-order valence-electron chi connectivity index (χ1n) is 8.10. The van der Waals surface area contributed by atoms with E-state index >= 15 is 0 Å². The van der Waals surface area contributed by atoms with E-state index in [1.54, 1.807) is 11.9 Å². The number of benzene rings is 1. The van der Waals surface area contributed by atoms with Gasteiger partial charge in [-0.1, -0.05) is 11.6 Å². The van der Waals surface area contributed by atoms with Gasteiger partial charge in [-0.15, -0.1) is 0 Å². The zero-order chi connectivity index (χ0) is 19.2. The molecular formula is C17H20ClN3O4S. The molecule has 0 bridgehead atoms. The summed E-state index contributed by atoms with van der Waals surface area (Å²) in [6.07, 6.45) is 4.56. The van der Waals surface area contributed by atoms with Crippen LogP contribution in [-0.4, -0.2) is 48.9 Å². The first kappa shape index (κ1) is 18.7. The molecule has 1 saturated carbocycles. The highest BCUT2D eigenvalue weighted by molar-refractivity contribution is 7.90. The molecule has 0 radical (unpaired) electrons. The molecule has 3 rings (SSSR count). The van der Waals surface area contributed by atoms with E-state index in [0.29, 0.717) is 18.2 Å². The zero-order valence-electron chi connectivity index (χ0n) is 14.7. The van der Waals surface area contributed by atoms with Crippen LogP contribution in [0, 0.1) is 5.92 Å². The number of halogens is 1. The van der Waals surface area contributed by atoms with Crippen LogP contribution in [0.1, 0.15) is 28.8 Å². The van der Waals surface area contributed by atoms with E-state index in [4.69, 9.17) is 11.6 Å². The number of nitrogens with zero attached hydrogens (tertiary/aromatic N) is 3. The van der Waals surface area contributed by atoms with Gasteiger partial charge in [-0.05, 0) is 30.9 Å². The Morgan fingerprint density at radius 1 is 1.38 bits per heavy atom. The van der Waals surface area contributed by atoms with Crippen molar-refractivity contribution in [2.45, 2.75) is 17.7 Å². The Morgan fingerprint density at radius 2 is 2.04 bits per heavy atom. The molecule has 0 atom stereocenters. The largest absolute Gasteiger partial charge is 0.493 e. The summed E-state index contributed by atoms with van der Waals surface area (Å²) in [6, 6.07) is 2.77. The molecule has 0 aliphatic heterocycles. The van der Waals surface area contributed by atoms with Crippen LogP contribution in [-0.2, 0) is 16.9 Å². The maximum Gasteiger partial charge on any atom is 0.220 e. The van der Waals surface area contributed by atoms with Crippen molar-refractivity contribution in [2.75, 3.05) is 24.7 Å². The Balaban J connectivity index is 2.12. The van der Waals surface area contributed by atoms with E-state index in [-0.39, 0.29) is 26.9 Å². The van der Waals surface area contributed by atoms with Crippen molar-refractivity contribution < 1.29 is 18.3 Å². The molecule has 1 heterocycles. The molecule has 26 heavy (non-hydrogen) atoms. The molecule has 1 aliphatic rings. The number of sulfone groups is 1. The topological polar surface area (TPSA) is 92.5 Å². The predicted octanol–water partition coefficient (Wildman–Crippen LogP) is 2.26. The number of rotatable bonds is 6. The second-order valence-electron chi connectivity index (χ2n) is 6.70. The SMILES string of the molecule is CN(CC1CC1)c1c(S(C)(=O)=O)ccc(C(=O)c2cnn(C)c2O)c1Cl. The van der Waals surface area contributed by atoms with Crippen molar-refractivity contribution in [2.24, 2.45) is 13.0 Å². The van der Waals surface area contributed by atoms with Gasteiger partial charge in [0.2, 0.25) is 11.7 Å². The van der Waals surface area contributed by atoms with Crippen LogP contribution in [0.3, 0.4) is 0 Å². The first-order valence-corrected chi connectivity index (χ1v) is 10.4. The number of aromatic hydroxyl groups is 1. The molecule has 1 aliphatic carbocycles. The molecule has 0 amide bonds. The van der Waals surface area contributed by atoms with Crippen LogP contribution < -0.4 is 4.90 Å². The third kappa shape index (κ3) is 3.43. The quantitative estimate of drug-likeness (QED) is 0.751. The highest BCUT2D eigenvalue weighted by Gasteiger charge is 2.29. The van der Waals surface area contributed by atoms with Gasteiger partial charge < -0.3 is 10.0 Å². The highest BCUT2D eigenvalue weighted by atomic mass is 35.5. The van der Waals surface area contributed by atoms with Gasteiger partial charge in [-0.3, -0.25) is 4.79 Å². The number of ketones is 1. The van der Waals surface area contributed by atoms with Crippen LogP contribution in [0.4, 0.5) is 5.69 Å². The Kier molecular flexibility index (Phi) is 4.74. The van der Waals surface area contributed by atoms with Gasteiger partial charge in [0.1, 0.15) is 5.56 Å². The zero-order valence-corrected chi connectivity index (χ0v) is 16.3. The van der Waals surface area contributed by atoms with Crippen LogP contribution in [0.2, 0.25) is 5.02 Å². The molecule has 9 heteroatoms. The van der Waals surface area contributed by atoms with Crippen molar-refractivity contribution in [3.05, 3.63) is 34.5 Å². The second kappa shape index (κ2) is 6.59. The standard InChI is InChI=1S/C17H20ClN3O4S/c1-20(9-10-4-5-10)15-13(26(3,24)25)7-6-11(14(15)18)16(22)12-8-19-21(2)17(12)23/h6-8,10,23H,4-5,9H2,1-3H3. The van der Waals surface area contributed by atoms with Gasteiger partial charge in [-0.2, -0.15) is 5.10 Å². The average Bonchev–Trinajstić information content (AvgIpc) is 3.30. The van der Waals surface area contributed by atoms with E-state index < -0.39 is 15.6 Å². The monoisotopic (exact) mass is 397 g/mol. The van der Waals surface area contributed by atoms with E-state index in [9.17, 15) is 18.3 Å². The van der Waals surface area contributed by atoms with Crippen molar-refractivity contribution >= 4 is 32.9 Å². The number of carbonyl (C=O) groups is 1. The molecular weight excluding hydrogens is 378 g/mol. The van der Waals surface area contributed by atoms with Gasteiger partial charge in [0.15, 0.2) is 9.84 Å². The van der Waals surface area contributed by atoms with E-state index in [0.717, 1.165) is 19.1 Å². The normalized spacial score (nSPS) is 14.5. The van der Waals surface area contributed by atoms with Gasteiger partial charge in [0.05, 0.1) is 21.8 Å². The Bertz CT molecular complexity index is 980. The minimum absolute atomic E-state index is 0.0114. The number of hydrogen-bond donors (Lipinski definition) is 1. The summed E-state index contributed by atoms with van der Waals surface area (Å²) in [7, 11) is -0.254. The number of anilines is 1. The van der Waals surface area contributed by atoms with Crippen LogP contribution >= 0.6 is 11.6 Å². The molecule has 1 N–H and O–H groups in total. The van der Waals surface area contributed by atoms with Gasteiger partial charge in [0.25, 0.3) is 0 Å². The van der Waals surface area contributed by atoms with Gasteiger partial charge in [0, 0.05) is 32.5 Å². The summed E-state index contributed by atoms with van der Waals surface area (Å²) in [5, 5.41) is 13.9. The van der Waals surface area contributed by atoms with E-state index in [2.05, 4.69) is 5.10 Å². The maximum absolute atomic E-state index is 12.8. The predicted molar refractivity (Wildman–Crippen MR) is 98.9 cm³/mol. The van der Waals surface area contributed by atoms with Crippen LogP contribution in [0.25, 0.3) is 0 Å². The Labute approximate surface area is 157 Å². The molecule has 1 aromatic carbocycles. The fraction of sp³-hybridized carbons (Fsp3) is 0.412. The molecule has 140 valence electrons. The summed E-state index contributed by atoms with van der Waals surface area (Å²) in [5.41, 5.74) is 0.451. The summed E-state index contributed by atoms with van der Waals surface area (Å²) in [5.74, 6) is -0.280. The third-order valence-electron chi connectivity index (χ3n) is 4.49. The highest BCUT2D eigenvalue weighted by Crippen LogP contribution is 2.39.